The quantitative estimate of drug-likeness (QED) is 0.260. The van der Waals surface area contributed by atoms with Gasteiger partial charge in [-0.3, -0.25) is 4.79 Å². The van der Waals surface area contributed by atoms with Crippen LogP contribution in [-0.4, -0.2) is 69.7 Å². The van der Waals surface area contributed by atoms with E-state index in [-0.39, 0.29) is 28.1 Å². The van der Waals surface area contributed by atoms with Crippen LogP contribution in [0.2, 0.25) is 0 Å². The van der Waals surface area contributed by atoms with Gasteiger partial charge in [0.1, 0.15) is 17.9 Å². The summed E-state index contributed by atoms with van der Waals surface area (Å²) in [5.74, 6) is 1.11. The highest BCUT2D eigenvalue weighted by atomic mass is 32.2. The highest BCUT2D eigenvalue weighted by Crippen LogP contribution is 2.42. The Hall–Kier alpha value is -4.23. The van der Waals surface area contributed by atoms with E-state index in [1.165, 1.54) is 17.8 Å². The summed E-state index contributed by atoms with van der Waals surface area (Å²) in [5, 5.41) is 16.9. The molecule has 0 amide bonds. The molecule has 0 radical (unpaired) electrons. The van der Waals surface area contributed by atoms with E-state index in [1.54, 1.807) is 6.20 Å². The van der Waals surface area contributed by atoms with E-state index in [0.29, 0.717) is 54.2 Å². The second kappa shape index (κ2) is 10.6. The van der Waals surface area contributed by atoms with Crippen LogP contribution >= 0.6 is 11.8 Å². The highest BCUT2D eigenvalue weighted by Gasteiger charge is 2.31. The van der Waals surface area contributed by atoms with Crippen molar-refractivity contribution in [1.82, 2.24) is 29.9 Å². The maximum absolute atomic E-state index is 15.7. The van der Waals surface area contributed by atoms with Gasteiger partial charge in [-0.05, 0) is 39.1 Å². The van der Waals surface area contributed by atoms with Crippen molar-refractivity contribution in [1.29, 1.82) is 0 Å². The molecule has 13 heteroatoms. The number of halogens is 1. The molecule has 0 bridgehead atoms. The zero-order valence-electron chi connectivity index (χ0n) is 23.3. The van der Waals surface area contributed by atoms with Gasteiger partial charge in [0.15, 0.2) is 11.6 Å². The molecule has 7 rings (SSSR count). The molecule has 1 fully saturated rings. The van der Waals surface area contributed by atoms with Crippen LogP contribution in [-0.2, 0) is 5.75 Å². The predicted octanol–water partition coefficient (Wildman–Crippen LogP) is 4.55. The lowest BCUT2D eigenvalue weighted by Crippen LogP contribution is -2.45. The van der Waals surface area contributed by atoms with E-state index in [0.717, 1.165) is 24.2 Å². The van der Waals surface area contributed by atoms with E-state index in [9.17, 15) is 4.79 Å². The fourth-order valence-corrected chi connectivity index (χ4v) is 5.91. The fourth-order valence-electron chi connectivity index (χ4n) is 5.31. The second-order valence-electron chi connectivity index (χ2n) is 10.7. The maximum atomic E-state index is 15.7. The third-order valence-electron chi connectivity index (χ3n) is 7.68. The minimum Gasteiger partial charge on any atom is -0.487 e. The minimum absolute atomic E-state index is 0.0582. The molecule has 5 aromatic rings. The van der Waals surface area contributed by atoms with Gasteiger partial charge in [0, 0.05) is 37.9 Å². The molecule has 0 N–H and O–H groups in total. The summed E-state index contributed by atoms with van der Waals surface area (Å²) in [6, 6.07) is 9.02. The van der Waals surface area contributed by atoms with Crippen LogP contribution in [0.3, 0.4) is 0 Å². The molecule has 216 valence electrons. The van der Waals surface area contributed by atoms with Crippen LogP contribution in [0.5, 0.6) is 5.75 Å². The molecule has 3 aromatic heterocycles. The molecular weight excluding hydrogens is 561 g/mol. The number of ether oxygens (including phenoxy) is 1. The Morgan fingerprint density at radius 2 is 1.79 bits per heavy atom. The van der Waals surface area contributed by atoms with Gasteiger partial charge in [0.05, 0.1) is 22.7 Å². The lowest BCUT2D eigenvalue weighted by atomic mass is 10.1. The Bertz CT molecular complexity index is 1840. The number of thioether (sulfide) groups is 1. The first kappa shape index (κ1) is 26.7. The van der Waals surface area contributed by atoms with E-state index in [2.05, 4.69) is 25.3 Å². The molecule has 0 saturated carbocycles. The molecule has 1 atom stereocenters. The number of aryl methyl sites for hydroxylation is 1. The molecule has 42 heavy (non-hydrogen) atoms. The topological polar surface area (TPSA) is 116 Å². The lowest BCUT2D eigenvalue weighted by Gasteiger charge is -2.37. The Labute approximate surface area is 244 Å². The Morgan fingerprint density at radius 3 is 2.57 bits per heavy atom. The smallest absolute Gasteiger partial charge is 0.277 e. The van der Waals surface area contributed by atoms with Crippen molar-refractivity contribution < 1.29 is 18.0 Å². The number of aromatic nitrogens is 5. The predicted molar refractivity (Wildman–Crippen MR) is 155 cm³/mol. The van der Waals surface area contributed by atoms with Crippen molar-refractivity contribution >= 4 is 28.4 Å². The molecule has 2 aliphatic rings. The molecule has 0 aliphatic carbocycles. The van der Waals surface area contributed by atoms with Gasteiger partial charge >= 0.3 is 0 Å². The largest absolute Gasteiger partial charge is 0.487 e. The monoisotopic (exact) mass is 589 g/mol. The average Bonchev–Trinajstić information content (AvgIpc) is 3.66. The molecule has 0 unspecified atom stereocenters. The summed E-state index contributed by atoms with van der Waals surface area (Å²) >= 11 is 1.22. The van der Waals surface area contributed by atoms with E-state index < -0.39 is 11.2 Å². The Morgan fingerprint density at radius 1 is 1.02 bits per heavy atom. The van der Waals surface area contributed by atoms with Crippen LogP contribution < -0.4 is 15.1 Å². The SMILES string of the molecule is Cc1ccc(-c2nnc(CSc3nnc(-c4cn5c6c(c(N7CCN(C)CC7)c(F)cc6c4=O)OC[C@@H]5C)o3)o2)cc1. The van der Waals surface area contributed by atoms with Crippen LogP contribution in [0, 0.1) is 12.7 Å². The van der Waals surface area contributed by atoms with E-state index in [4.69, 9.17) is 13.6 Å². The van der Waals surface area contributed by atoms with Crippen molar-refractivity contribution in [2.45, 2.75) is 30.9 Å². The Balaban J connectivity index is 1.18. The molecule has 1 saturated heterocycles. The number of hydrogen-bond donors (Lipinski definition) is 0. The first-order chi connectivity index (χ1) is 20.4. The number of hydrogen-bond acceptors (Lipinski definition) is 11. The van der Waals surface area contributed by atoms with Crippen molar-refractivity contribution in [2.75, 3.05) is 44.7 Å². The number of rotatable bonds is 6. The fraction of sp³-hybridized carbons (Fsp3) is 0.345. The van der Waals surface area contributed by atoms with Gasteiger partial charge in [-0.1, -0.05) is 29.5 Å². The molecule has 5 heterocycles. The first-order valence-corrected chi connectivity index (χ1v) is 14.7. The zero-order chi connectivity index (χ0) is 29.0. The molecule has 2 aliphatic heterocycles. The van der Waals surface area contributed by atoms with Crippen molar-refractivity contribution in [3.63, 3.8) is 0 Å². The number of anilines is 1. The molecule has 11 nitrogen and oxygen atoms in total. The molecule has 2 aromatic carbocycles. The third-order valence-corrected chi connectivity index (χ3v) is 8.49. The van der Waals surface area contributed by atoms with Gasteiger partial charge in [-0.25, -0.2) is 4.39 Å². The van der Waals surface area contributed by atoms with Gasteiger partial charge in [-0.15, -0.1) is 20.4 Å². The average molecular weight is 590 g/mol. The van der Waals surface area contributed by atoms with Crippen molar-refractivity contribution in [3.05, 3.63) is 64.0 Å². The maximum Gasteiger partial charge on any atom is 0.277 e. The van der Waals surface area contributed by atoms with Crippen LogP contribution in [0.4, 0.5) is 10.1 Å². The lowest BCUT2D eigenvalue weighted by molar-refractivity contribution is 0.245. The van der Waals surface area contributed by atoms with E-state index in [1.807, 2.05) is 54.6 Å². The molecular formula is C29H28FN7O4S. The first-order valence-electron chi connectivity index (χ1n) is 13.7. The highest BCUT2D eigenvalue weighted by molar-refractivity contribution is 7.98. The summed E-state index contributed by atoms with van der Waals surface area (Å²) in [4.78, 5) is 17.9. The minimum atomic E-state index is -0.483. The number of nitrogens with zero attached hydrogens (tertiary/aromatic N) is 7. The summed E-state index contributed by atoms with van der Waals surface area (Å²) in [6.45, 7) is 7.32. The van der Waals surface area contributed by atoms with Gasteiger partial charge in [0.2, 0.25) is 17.2 Å². The summed E-state index contributed by atoms with van der Waals surface area (Å²) < 4.78 is 35.3. The van der Waals surface area contributed by atoms with Gasteiger partial charge < -0.3 is 27.9 Å². The summed E-state index contributed by atoms with van der Waals surface area (Å²) in [7, 11) is 2.05. The summed E-state index contributed by atoms with van der Waals surface area (Å²) in [5.41, 5.74) is 2.76. The van der Waals surface area contributed by atoms with E-state index >= 15 is 4.39 Å². The van der Waals surface area contributed by atoms with Crippen molar-refractivity contribution in [3.8, 4) is 28.7 Å². The number of piperazine rings is 1. The zero-order valence-corrected chi connectivity index (χ0v) is 24.2. The Kier molecular flexibility index (Phi) is 6.70. The standard InChI is InChI=1S/C29H28FN7O4S/c1-16-4-6-18(7-5-16)27-32-31-22(40-27)15-42-29-34-33-28(41-29)20-13-37-17(2)14-39-26-23(37)19(25(20)38)12-21(30)24(26)36-10-8-35(3)9-11-36/h4-7,12-13,17H,8-11,14-15H2,1-3H3/t17-/m0/s1. The summed E-state index contributed by atoms with van der Waals surface area (Å²) in [6.07, 6.45) is 1.71. The van der Waals surface area contributed by atoms with Crippen LogP contribution in [0.15, 0.2) is 55.4 Å². The number of likely N-dealkylation sites (N-methyl/N-ethyl adjacent to an activating group) is 1. The van der Waals surface area contributed by atoms with Gasteiger partial charge in [0.25, 0.3) is 11.1 Å². The van der Waals surface area contributed by atoms with Crippen LogP contribution in [0.1, 0.15) is 24.4 Å². The second-order valence-corrected chi connectivity index (χ2v) is 11.6. The number of benzene rings is 2. The number of pyridine rings is 1. The normalized spacial score (nSPS) is 17.1. The van der Waals surface area contributed by atoms with Crippen LogP contribution in [0.25, 0.3) is 33.8 Å². The third kappa shape index (κ3) is 4.71. The molecule has 0 spiro atoms. The van der Waals surface area contributed by atoms with Crippen molar-refractivity contribution in [2.24, 2.45) is 0 Å². The van der Waals surface area contributed by atoms with Gasteiger partial charge in [-0.2, -0.15) is 0 Å².